The fourth-order valence-electron chi connectivity index (χ4n) is 3.82. The average Bonchev–Trinajstić information content (AvgIpc) is 2.96. The highest BCUT2D eigenvalue weighted by Gasteiger charge is 2.38. The molecule has 1 saturated heterocycles. The minimum Gasteiger partial charge on any atom is -0.444 e. The summed E-state index contributed by atoms with van der Waals surface area (Å²) < 4.78 is 5.45. The molecule has 0 spiro atoms. The first-order valence-electron chi connectivity index (χ1n) is 8.56. The molecular formula is C19H23Cl2N3O2. The number of aromatic nitrogens is 1. The summed E-state index contributed by atoms with van der Waals surface area (Å²) in [6.07, 6.45) is 3.06. The number of hydrogen-bond acceptors (Lipinski definition) is 4. The van der Waals surface area contributed by atoms with Crippen LogP contribution >= 0.6 is 23.2 Å². The zero-order valence-electron chi connectivity index (χ0n) is 15.3. The lowest BCUT2D eigenvalue weighted by atomic mass is 9.79. The molecule has 2 heterocycles. The van der Waals surface area contributed by atoms with Crippen LogP contribution in [0, 0.1) is 0 Å². The smallest absolute Gasteiger partial charge is 0.273 e. The number of benzene rings is 1. The van der Waals surface area contributed by atoms with Crippen molar-refractivity contribution in [3.8, 4) is 11.5 Å². The minimum atomic E-state index is -0.237. The molecule has 0 saturated carbocycles. The number of nitrogens with zero attached hydrogens (tertiary/aromatic N) is 1. The van der Waals surface area contributed by atoms with Crippen molar-refractivity contribution in [2.45, 2.75) is 57.7 Å². The largest absolute Gasteiger partial charge is 0.444 e. The second-order valence-electron chi connectivity index (χ2n) is 8.14. The van der Waals surface area contributed by atoms with Crippen LogP contribution in [0.2, 0.25) is 10.0 Å². The van der Waals surface area contributed by atoms with Crippen LogP contribution in [-0.2, 0) is 0 Å². The molecule has 2 aromatic rings. The van der Waals surface area contributed by atoms with Gasteiger partial charge < -0.3 is 15.1 Å². The van der Waals surface area contributed by atoms with Crippen molar-refractivity contribution >= 4 is 29.1 Å². The van der Waals surface area contributed by atoms with Gasteiger partial charge in [0.25, 0.3) is 5.91 Å². The summed E-state index contributed by atoms with van der Waals surface area (Å²) in [6, 6.07) is 5.15. The molecule has 0 bridgehead atoms. The molecule has 0 unspecified atom stereocenters. The van der Waals surface area contributed by atoms with Crippen molar-refractivity contribution in [3.63, 3.8) is 0 Å². The highest BCUT2D eigenvalue weighted by atomic mass is 35.5. The van der Waals surface area contributed by atoms with Gasteiger partial charge >= 0.3 is 0 Å². The van der Waals surface area contributed by atoms with Gasteiger partial charge in [-0.25, -0.2) is 4.98 Å². The highest BCUT2D eigenvalue weighted by Crippen LogP contribution is 2.30. The molecule has 1 aromatic carbocycles. The van der Waals surface area contributed by atoms with Crippen LogP contribution in [0.1, 0.15) is 51.0 Å². The third-order valence-electron chi connectivity index (χ3n) is 4.43. The molecule has 1 aromatic heterocycles. The van der Waals surface area contributed by atoms with E-state index in [1.807, 2.05) is 0 Å². The molecule has 140 valence electrons. The summed E-state index contributed by atoms with van der Waals surface area (Å²) in [5.41, 5.74) is 0.825. The monoisotopic (exact) mass is 395 g/mol. The molecule has 26 heavy (non-hydrogen) atoms. The Balaban J connectivity index is 1.73. The molecule has 0 aliphatic carbocycles. The normalized spacial score (nSPS) is 19.3. The second-order valence-corrected chi connectivity index (χ2v) is 8.95. The van der Waals surface area contributed by atoms with Crippen LogP contribution in [0.3, 0.4) is 0 Å². The Hall–Kier alpha value is -1.56. The van der Waals surface area contributed by atoms with E-state index in [4.69, 9.17) is 27.6 Å². The maximum Gasteiger partial charge on any atom is 0.273 e. The Bertz CT molecular complexity index is 814. The number of oxazole rings is 1. The summed E-state index contributed by atoms with van der Waals surface area (Å²) in [5, 5.41) is 7.55. The lowest BCUT2D eigenvalue weighted by molar-refractivity contribution is 0.0868. The fraction of sp³-hybridized carbons (Fsp3) is 0.474. The molecule has 1 fully saturated rings. The van der Waals surface area contributed by atoms with Gasteiger partial charge in [0.15, 0.2) is 5.69 Å². The third-order valence-corrected chi connectivity index (χ3v) is 5.17. The lowest BCUT2D eigenvalue weighted by Gasteiger charge is -2.46. The van der Waals surface area contributed by atoms with Gasteiger partial charge in [-0.15, -0.1) is 0 Å². The maximum absolute atomic E-state index is 12.6. The maximum atomic E-state index is 12.6. The fourth-order valence-corrected chi connectivity index (χ4v) is 4.12. The summed E-state index contributed by atoms with van der Waals surface area (Å²) in [7, 11) is 0. The first-order valence-corrected chi connectivity index (χ1v) is 9.31. The van der Waals surface area contributed by atoms with E-state index in [9.17, 15) is 4.79 Å². The molecular weight excluding hydrogens is 373 g/mol. The second kappa shape index (κ2) is 6.87. The quantitative estimate of drug-likeness (QED) is 0.790. The van der Waals surface area contributed by atoms with Crippen LogP contribution in [-0.4, -0.2) is 28.0 Å². The number of piperidine rings is 1. The Morgan fingerprint density at radius 1 is 1.19 bits per heavy atom. The van der Waals surface area contributed by atoms with Crippen molar-refractivity contribution in [2.75, 3.05) is 0 Å². The predicted molar refractivity (Wildman–Crippen MR) is 104 cm³/mol. The summed E-state index contributed by atoms with van der Waals surface area (Å²) in [6.45, 7) is 8.58. The van der Waals surface area contributed by atoms with Gasteiger partial charge in [0.05, 0.1) is 10.0 Å². The standard InChI is InChI=1S/C19H23Cl2N3O2/c1-18(2)8-12(9-19(3,4)24-18)22-16(25)15-10-26-17(23-15)11-5-6-13(20)14(21)7-11/h5-7,10,12,24H,8-9H2,1-4H3,(H,22,25). The molecule has 1 aliphatic heterocycles. The van der Waals surface area contributed by atoms with Crippen LogP contribution in [0.25, 0.3) is 11.5 Å². The number of amides is 1. The van der Waals surface area contributed by atoms with E-state index in [0.29, 0.717) is 21.5 Å². The Morgan fingerprint density at radius 3 is 2.46 bits per heavy atom. The number of rotatable bonds is 3. The van der Waals surface area contributed by atoms with Gasteiger partial charge in [0, 0.05) is 22.7 Å². The van der Waals surface area contributed by atoms with E-state index in [0.717, 1.165) is 12.8 Å². The van der Waals surface area contributed by atoms with Crippen molar-refractivity contribution in [3.05, 3.63) is 40.2 Å². The Labute approximate surface area is 163 Å². The number of hydrogen-bond donors (Lipinski definition) is 2. The molecule has 1 amide bonds. The predicted octanol–water partition coefficient (Wildman–Crippen LogP) is 4.69. The molecule has 3 rings (SSSR count). The van der Waals surface area contributed by atoms with Crippen LogP contribution in [0.15, 0.2) is 28.9 Å². The molecule has 0 radical (unpaired) electrons. The number of carbonyl (C=O) groups is 1. The number of halogens is 2. The van der Waals surface area contributed by atoms with Crippen molar-refractivity contribution in [1.29, 1.82) is 0 Å². The summed E-state index contributed by atoms with van der Waals surface area (Å²) >= 11 is 12.0. The van der Waals surface area contributed by atoms with Gasteiger partial charge in [-0.1, -0.05) is 23.2 Å². The van der Waals surface area contributed by atoms with E-state index in [1.54, 1.807) is 18.2 Å². The third kappa shape index (κ3) is 4.40. The van der Waals surface area contributed by atoms with Gasteiger partial charge in [-0.05, 0) is 58.7 Å². The molecule has 7 heteroatoms. The first kappa shape index (κ1) is 19.2. The zero-order valence-corrected chi connectivity index (χ0v) is 16.8. The van der Waals surface area contributed by atoms with Gasteiger partial charge in [-0.2, -0.15) is 0 Å². The topological polar surface area (TPSA) is 67.2 Å². The van der Waals surface area contributed by atoms with Crippen molar-refractivity contribution in [1.82, 2.24) is 15.6 Å². The van der Waals surface area contributed by atoms with Gasteiger partial charge in [-0.3, -0.25) is 4.79 Å². The summed E-state index contributed by atoms with van der Waals surface area (Å²) in [5.74, 6) is 0.0956. The lowest BCUT2D eigenvalue weighted by Crippen LogP contribution is -2.62. The average molecular weight is 396 g/mol. The minimum absolute atomic E-state index is 0.0469. The highest BCUT2D eigenvalue weighted by molar-refractivity contribution is 6.42. The van der Waals surface area contributed by atoms with Crippen LogP contribution < -0.4 is 10.6 Å². The van der Waals surface area contributed by atoms with Crippen LogP contribution in [0.4, 0.5) is 0 Å². The van der Waals surface area contributed by atoms with Crippen LogP contribution in [0.5, 0.6) is 0 Å². The summed E-state index contributed by atoms with van der Waals surface area (Å²) in [4.78, 5) is 16.9. The van der Waals surface area contributed by atoms with E-state index in [1.165, 1.54) is 6.26 Å². The SMILES string of the molecule is CC1(C)CC(NC(=O)c2coc(-c3ccc(Cl)c(Cl)c3)n2)CC(C)(C)N1. The molecule has 1 aliphatic rings. The molecule has 0 atom stereocenters. The van der Waals surface area contributed by atoms with Crippen molar-refractivity contribution < 1.29 is 9.21 Å². The van der Waals surface area contributed by atoms with Crippen molar-refractivity contribution in [2.24, 2.45) is 0 Å². The van der Waals surface area contributed by atoms with Gasteiger partial charge in [0.2, 0.25) is 5.89 Å². The van der Waals surface area contributed by atoms with E-state index >= 15 is 0 Å². The van der Waals surface area contributed by atoms with E-state index < -0.39 is 0 Å². The molecule has 5 nitrogen and oxygen atoms in total. The number of nitrogens with one attached hydrogen (secondary N) is 2. The number of carbonyl (C=O) groups excluding carboxylic acids is 1. The van der Waals surface area contributed by atoms with Gasteiger partial charge in [0.1, 0.15) is 6.26 Å². The zero-order chi connectivity index (χ0) is 19.1. The first-order chi connectivity index (χ1) is 12.0. The van der Waals surface area contributed by atoms with E-state index in [-0.39, 0.29) is 28.7 Å². The van der Waals surface area contributed by atoms with E-state index in [2.05, 4.69) is 43.3 Å². The molecule has 2 N–H and O–H groups in total. The Kier molecular flexibility index (Phi) is 5.08. The Morgan fingerprint density at radius 2 is 1.85 bits per heavy atom.